The minimum absolute atomic E-state index is 0.347. The summed E-state index contributed by atoms with van der Waals surface area (Å²) >= 11 is 0. The fourth-order valence-electron chi connectivity index (χ4n) is 2.34. The summed E-state index contributed by atoms with van der Waals surface area (Å²) in [6.45, 7) is 0.545. The maximum atomic E-state index is 10.2. The van der Waals surface area contributed by atoms with Gasteiger partial charge in [0.2, 0.25) is 6.08 Å². The molecule has 0 spiro atoms. The number of methoxy groups -OCH3 is 1. The Kier molecular flexibility index (Phi) is 3.37. The van der Waals surface area contributed by atoms with Crippen LogP contribution in [-0.4, -0.2) is 19.7 Å². The first-order chi connectivity index (χ1) is 7.85. The SMILES string of the molecule is COc1ccc2c(c1)C(CN=C=O)CCC2. The number of hydrogen-bond donors (Lipinski definition) is 0. The molecule has 0 N–H and O–H groups in total. The van der Waals surface area contributed by atoms with Crippen LogP contribution in [0.2, 0.25) is 0 Å². The molecular formula is C13H15NO2. The van der Waals surface area contributed by atoms with Gasteiger partial charge in [-0.1, -0.05) is 6.07 Å². The van der Waals surface area contributed by atoms with Crippen LogP contribution in [0.4, 0.5) is 0 Å². The summed E-state index contributed by atoms with van der Waals surface area (Å²) in [5.41, 5.74) is 2.64. The molecule has 1 aromatic carbocycles. The molecule has 0 amide bonds. The summed E-state index contributed by atoms with van der Waals surface area (Å²) < 4.78 is 5.23. The Bertz CT molecular complexity index is 422. The average Bonchev–Trinajstić information content (AvgIpc) is 2.35. The second kappa shape index (κ2) is 4.95. The summed E-state index contributed by atoms with van der Waals surface area (Å²) in [6, 6.07) is 6.18. The molecule has 0 aliphatic heterocycles. The molecule has 3 nitrogen and oxygen atoms in total. The number of rotatable bonds is 3. The van der Waals surface area contributed by atoms with Gasteiger partial charge >= 0.3 is 0 Å². The van der Waals surface area contributed by atoms with Gasteiger partial charge in [0, 0.05) is 5.92 Å². The van der Waals surface area contributed by atoms with Crippen molar-refractivity contribution in [3.05, 3.63) is 29.3 Å². The van der Waals surface area contributed by atoms with Crippen LogP contribution in [0.3, 0.4) is 0 Å². The zero-order valence-electron chi connectivity index (χ0n) is 9.40. The second-order valence-electron chi connectivity index (χ2n) is 4.09. The average molecular weight is 217 g/mol. The van der Waals surface area contributed by atoms with Gasteiger partial charge in [0.05, 0.1) is 13.7 Å². The van der Waals surface area contributed by atoms with Gasteiger partial charge in [-0.25, -0.2) is 9.79 Å². The Hall–Kier alpha value is -1.60. The lowest BCUT2D eigenvalue weighted by Crippen LogP contribution is -2.12. The normalized spacial score (nSPS) is 18.4. The van der Waals surface area contributed by atoms with E-state index < -0.39 is 0 Å². The fraction of sp³-hybridized carbons (Fsp3) is 0.462. The van der Waals surface area contributed by atoms with E-state index in [4.69, 9.17) is 4.74 Å². The van der Waals surface area contributed by atoms with Crippen LogP contribution in [0.1, 0.15) is 29.9 Å². The first kappa shape index (κ1) is 10.9. The number of carbonyl (C=O) groups excluding carboxylic acids is 1. The lowest BCUT2D eigenvalue weighted by molar-refractivity contribution is 0.412. The van der Waals surface area contributed by atoms with E-state index in [9.17, 15) is 4.79 Å². The van der Waals surface area contributed by atoms with Crippen LogP contribution >= 0.6 is 0 Å². The van der Waals surface area contributed by atoms with Gasteiger partial charge < -0.3 is 4.74 Å². The van der Waals surface area contributed by atoms with Gasteiger partial charge in [-0.2, -0.15) is 0 Å². The molecule has 3 heteroatoms. The highest BCUT2D eigenvalue weighted by Gasteiger charge is 2.20. The van der Waals surface area contributed by atoms with Crippen molar-refractivity contribution < 1.29 is 9.53 Å². The summed E-state index contributed by atoms with van der Waals surface area (Å²) in [7, 11) is 1.67. The topological polar surface area (TPSA) is 38.7 Å². The third-order valence-electron chi connectivity index (χ3n) is 3.17. The number of aryl methyl sites for hydroxylation is 1. The zero-order chi connectivity index (χ0) is 11.4. The third-order valence-corrected chi connectivity index (χ3v) is 3.17. The van der Waals surface area contributed by atoms with E-state index in [2.05, 4.69) is 17.1 Å². The predicted molar refractivity (Wildman–Crippen MR) is 61.7 cm³/mol. The van der Waals surface area contributed by atoms with Gasteiger partial charge in [-0.05, 0) is 42.5 Å². The monoisotopic (exact) mass is 217 g/mol. The van der Waals surface area contributed by atoms with Crippen molar-refractivity contribution in [3.8, 4) is 5.75 Å². The van der Waals surface area contributed by atoms with Gasteiger partial charge in [0.15, 0.2) is 0 Å². The van der Waals surface area contributed by atoms with E-state index in [-0.39, 0.29) is 0 Å². The molecule has 1 aliphatic rings. The summed E-state index contributed by atoms with van der Waals surface area (Å²) in [5, 5.41) is 0. The number of aliphatic imine (C=N–C) groups is 1. The second-order valence-corrected chi connectivity index (χ2v) is 4.09. The van der Waals surface area contributed by atoms with Crippen molar-refractivity contribution in [2.75, 3.05) is 13.7 Å². The number of nitrogens with zero attached hydrogens (tertiary/aromatic N) is 1. The van der Waals surface area contributed by atoms with E-state index in [1.54, 1.807) is 13.2 Å². The van der Waals surface area contributed by atoms with E-state index in [0.29, 0.717) is 12.5 Å². The molecule has 16 heavy (non-hydrogen) atoms. The Morgan fingerprint density at radius 1 is 1.56 bits per heavy atom. The third kappa shape index (κ3) is 2.15. The van der Waals surface area contributed by atoms with Gasteiger partial charge in [-0.3, -0.25) is 0 Å². The Balaban J connectivity index is 2.31. The Morgan fingerprint density at radius 2 is 2.44 bits per heavy atom. The number of isocyanates is 1. The van der Waals surface area contributed by atoms with Crippen LogP contribution in [0.25, 0.3) is 0 Å². The molecule has 0 saturated heterocycles. The van der Waals surface area contributed by atoms with Gasteiger partial charge in [-0.15, -0.1) is 0 Å². The Morgan fingerprint density at radius 3 is 3.19 bits per heavy atom. The van der Waals surface area contributed by atoms with Crippen LogP contribution in [0, 0.1) is 0 Å². The van der Waals surface area contributed by atoms with E-state index >= 15 is 0 Å². The quantitative estimate of drug-likeness (QED) is 0.576. The molecule has 1 unspecified atom stereocenters. The van der Waals surface area contributed by atoms with Crippen molar-refractivity contribution in [2.24, 2.45) is 4.99 Å². The van der Waals surface area contributed by atoms with Crippen molar-refractivity contribution in [1.82, 2.24) is 0 Å². The molecule has 84 valence electrons. The largest absolute Gasteiger partial charge is 0.497 e. The molecule has 0 heterocycles. The minimum atomic E-state index is 0.347. The van der Waals surface area contributed by atoms with E-state index in [0.717, 1.165) is 18.6 Å². The van der Waals surface area contributed by atoms with Crippen LogP contribution < -0.4 is 4.74 Å². The number of hydrogen-bond acceptors (Lipinski definition) is 3. The molecule has 0 saturated carbocycles. The van der Waals surface area contributed by atoms with Crippen molar-refractivity contribution in [3.63, 3.8) is 0 Å². The lowest BCUT2D eigenvalue weighted by atomic mass is 9.83. The van der Waals surface area contributed by atoms with Crippen LogP contribution in [0.5, 0.6) is 5.75 Å². The van der Waals surface area contributed by atoms with Crippen molar-refractivity contribution in [1.29, 1.82) is 0 Å². The highest BCUT2D eigenvalue weighted by Crippen LogP contribution is 2.34. The van der Waals surface area contributed by atoms with E-state index in [1.807, 2.05) is 6.07 Å². The highest BCUT2D eigenvalue weighted by atomic mass is 16.5. The van der Waals surface area contributed by atoms with Crippen molar-refractivity contribution >= 4 is 6.08 Å². The molecule has 0 aromatic heterocycles. The molecule has 0 radical (unpaired) electrons. The fourth-order valence-corrected chi connectivity index (χ4v) is 2.34. The first-order valence-electron chi connectivity index (χ1n) is 5.55. The zero-order valence-corrected chi connectivity index (χ0v) is 9.40. The highest BCUT2D eigenvalue weighted by molar-refractivity contribution is 5.40. The standard InChI is InChI=1S/C13H15NO2/c1-16-12-6-5-10-3-2-4-11(8-14-9-15)13(10)7-12/h5-7,11H,2-4,8H2,1H3. The molecular weight excluding hydrogens is 202 g/mol. The molecule has 0 bridgehead atoms. The summed E-state index contributed by atoms with van der Waals surface area (Å²) in [4.78, 5) is 13.9. The van der Waals surface area contributed by atoms with Gasteiger partial charge in [0.1, 0.15) is 5.75 Å². The molecule has 2 rings (SSSR count). The maximum Gasteiger partial charge on any atom is 0.234 e. The smallest absolute Gasteiger partial charge is 0.234 e. The molecule has 1 aliphatic carbocycles. The lowest BCUT2D eigenvalue weighted by Gasteiger charge is -2.24. The summed E-state index contributed by atoms with van der Waals surface area (Å²) in [5.74, 6) is 1.22. The van der Waals surface area contributed by atoms with Gasteiger partial charge in [0.25, 0.3) is 0 Å². The number of benzene rings is 1. The number of fused-ring (bicyclic) bond motifs is 1. The first-order valence-corrected chi connectivity index (χ1v) is 5.55. The Labute approximate surface area is 95.2 Å². The predicted octanol–water partition coefficient (Wildman–Crippen LogP) is 2.45. The maximum absolute atomic E-state index is 10.2. The molecule has 1 atom stereocenters. The number of ether oxygens (including phenoxy) is 1. The minimum Gasteiger partial charge on any atom is -0.497 e. The van der Waals surface area contributed by atoms with Crippen molar-refractivity contribution in [2.45, 2.75) is 25.2 Å². The summed E-state index contributed by atoms with van der Waals surface area (Å²) in [6.07, 6.45) is 4.98. The van der Waals surface area contributed by atoms with E-state index in [1.165, 1.54) is 17.5 Å². The molecule has 1 aromatic rings. The van der Waals surface area contributed by atoms with Crippen LogP contribution in [-0.2, 0) is 11.2 Å². The van der Waals surface area contributed by atoms with Crippen LogP contribution in [0.15, 0.2) is 23.2 Å². The molecule has 0 fully saturated rings.